The molecule has 1 aromatic heterocycles. The molecule has 1 atom stereocenters. The topological polar surface area (TPSA) is 75.1 Å². The lowest BCUT2D eigenvalue weighted by Gasteiger charge is -2.17. The van der Waals surface area contributed by atoms with Gasteiger partial charge in [-0.3, -0.25) is 0 Å². The molecule has 2 N–H and O–H groups in total. The van der Waals surface area contributed by atoms with Gasteiger partial charge in [-0.25, -0.2) is 14.8 Å². The second-order valence-electron chi connectivity index (χ2n) is 3.30. The third-order valence-electron chi connectivity index (χ3n) is 1.82. The number of carboxylic acids is 1. The van der Waals surface area contributed by atoms with Gasteiger partial charge in [0.05, 0.1) is 0 Å². The van der Waals surface area contributed by atoms with Gasteiger partial charge in [0.25, 0.3) is 0 Å². The molecule has 1 heterocycles. The summed E-state index contributed by atoms with van der Waals surface area (Å²) in [6, 6.07) is 1.02. The number of aliphatic carboxylic acids is 1. The highest BCUT2D eigenvalue weighted by Gasteiger charge is 2.21. The van der Waals surface area contributed by atoms with E-state index in [1.54, 1.807) is 12.3 Å². The van der Waals surface area contributed by atoms with Gasteiger partial charge in [0.1, 0.15) is 18.2 Å². The number of carbonyl (C=O) groups is 1. The Morgan fingerprint density at radius 1 is 1.57 bits per heavy atom. The first-order valence-electron chi connectivity index (χ1n) is 4.36. The van der Waals surface area contributed by atoms with Crippen molar-refractivity contribution in [3.05, 3.63) is 18.6 Å². The summed E-state index contributed by atoms with van der Waals surface area (Å²) in [6.45, 7) is 3.68. The Morgan fingerprint density at radius 3 is 2.71 bits per heavy atom. The Kier molecular flexibility index (Phi) is 3.39. The third kappa shape index (κ3) is 2.69. The summed E-state index contributed by atoms with van der Waals surface area (Å²) in [5.41, 5.74) is 0. The molecule has 1 unspecified atom stereocenters. The minimum Gasteiger partial charge on any atom is -0.480 e. The van der Waals surface area contributed by atoms with Crippen molar-refractivity contribution in [3.8, 4) is 0 Å². The highest BCUT2D eigenvalue weighted by molar-refractivity contribution is 5.77. The maximum Gasteiger partial charge on any atom is 0.326 e. The van der Waals surface area contributed by atoms with Crippen molar-refractivity contribution < 1.29 is 9.90 Å². The van der Waals surface area contributed by atoms with Crippen molar-refractivity contribution in [1.82, 2.24) is 9.97 Å². The first-order valence-corrected chi connectivity index (χ1v) is 4.36. The largest absolute Gasteiger partial charge is 0.480 e. The lowest BCUT2D eigenvalue weighted by molar-refractivity contribution is -0.138. The molecule has 0 fully saturated rings. The Hall–Kier alpha value is -1.65. The van der Waals surface area contributed by atoms with Crippen LogP contribution in [0.3, 0.4) is 0 Å². The maximum absolute atomic E-state index is 10.8. The SMILES string of the molecule is CC(C)C(Nc1ccncn1)C(=O)O. The first-order chi connectivity index (χ1) is 6.61. The van der Waals surface area contributed by atoms with E-state index in [0.29, 0.717) is 5.82 Å². The fraction of sp³-hybridized carbons (Fsp3) is 0.444. The minimum atomic E-state index is -0.876. The van der Waals surface area contributed by atoms with Gasteiger partial charge in [-0.2, -0.15) is 0 Å². The molecule has 0 radical (unpaired) electrons. The van der Waals surface area contributed by atoms with Crippen molar-refractivity contribution in [2.45, 2.75) is 19.9 Å². The highest BCUT2D eigenvalue weighted by Crippen LogP contribution is 2.09. The van der Waals surface area contributed by atoms with Crippen molar-refractivity contribution in [2.24, 2.45) is 5.92 Å². The smallest absolute Gasteiger partial charge is 0.326 e. The molecule has 76 valence electrons. The lowest BCUT2D eigenvalue weighted by atomic mass is 10.1. The minimum absolute atomic E-state index is 0.00228. The number of nitrogens with zero attached hydrogens (tertiary/aromatic N) is 2. The van der Waals surface area contributed by atoms with Crippen LogP contribution in [0.4, 0.5) is 5.82 Å². The zero-order valence-corrected chi connectivity index (χ0v) is 8.14. The standard InChI is InChI=1S/C9H13N3O2/c1-6(2)8(9(13)14)12-7-3-4-10-5-11-7/h3-6,8H,1-2H3,(H,13,14)(H,10,11,12). The number of anilines is 1. The molecule has 0 aliphatic carbocycles. The van der Waals surface area contributed by atoms with Gasteiger partial charge < -0.3 is 10.4 Å². The van der Waals surface area contributed by atoms with Gasteiger partial charge in [-0.15, -0.1) is 0 Å². The van der Waals surface area contributed by atoms with Crippen molar-refractivity contribution in [3.63, 3.8) is 0 Å². The van der Waals surface area contributed by atoms with Crippen LogP contribution in [0.25, 0.3) is 0 Å². The quantitative estimate of drug-likeness (QED) is 0.749. The summed E-state index contributed by atoms with van der Waals surface area (Å²) in [7, 11) is 0. The van der Waals surface area contributed by atoms with Crippen molar-refractivity contribution in [2.75, 3.05) is 5.32 Å². The number of hydrogen-bond acceptors (Lipinski definition) is 4. The summed E-state index contributed by atoms with van der Waals surface area (Å²) in [5, 5.41) is 11.7. The van der Waals surface area contributed by atoms with E-state index in [9.17, 15) is 4.79 Å². The highest BCUT2D eigenvalue weighted by atomic mass is 16.4. The molecule has 0 bridgehead atoms. The molecule has 1 rings (SSSR count). The van der Waals surface area contributed by atoms with Crippen LogP contribution < -0.4 is 5.32 Å². The summed E-state index contributed by atoms with van der Waals surface area (Å²) < 4.78 is 0. The van der Waals surface area contributed by atoms with Crippen molar-refractivity contribution in [1.29, 1.82) is 0 Å². The van der Waals surface area contributed by atoms with E-state index < -0.39 is 12.0 Å². The van der Waals surface area contributed by atoms with E-state index in [1.165, 1.54) is 6.33 Å². The van der Waals surface area contributed by atoms with Crippen LogP contribution in [0.15, 0.2) is 18.6 Å². The molecule has 5 nitrogen and oxygen atoms in total. The van der Waals surface area contributed by atoms with Crippen LogP contribution in [0.1, 0.15) is 13.8 Å². The van der Waals surface area contributed by atoms with Crippen LogP contribution >= 0.6 is 0 Å². The summed E-state index contributed by atoms with van der Waals surface area (Å²) in [6.07, 6.45) is 2.94. The number of rotatable bonds is 4. The van der Waals surface area contributed by atoms with Crippen LogP contribution in [0.2, 0.25) is 0 Å². The first kappa shape index (κ1) is 10.4. The van der Waals surface area contributed by atoms with Crippen LogP contribution in [-0.2, 0) is 4.79 Å². The van der Waals surface area contributed by atoms with Gasteiger partial charge in [0.2, 0.25) is 0 Å². The molecule has 0 saturated heterocycles. The summed E-state index contributed by atoms with van der Waals surface area (Å²) in [5.74, 6) is -0.345. The molecule has 14 heavy (non-hydrogen) atoms. The molecular formula is C9H13N3O2. The zero-order chi connectivity index (χ0) is 10.6. The van der Waals surface area contributed by atoms with E-state index in [2.05, 4.69) is 15.3 Å². The van der Waals surface area contributed by atoms with Gasteiger partial charge in [-0.1, -0.05) is 13.8 Å². The van der Waals surface area contributed by atoms with E-state index in [0.717, 1.165) is 0 Å². The zero-order valence-electron chi connectivity index (χ0n) is 8.14. The van der Waals surface area contributed by atoms with E-state index in [1.807, 2.05) is 13.8 Å². The van der Waals surface area contributed by atoms with Gasteiger partial charge in [0.15, 0.2) is 0 Å². The monoisotopic (exact) mass is 195 g/mol. The molecule has 0 aliphatic heterocycles. The normalized spacial score (nSPS) is 12.5. The van der Waals surface area contributed by atoms with Crippen LogP contribution in [0, 0.1) is 5.92 Å². The summed E-state index contributed by atoms with van der Waals surface area (Å²) >= 11 is 0. The summed E-state index contributed by atoms with van der Waals surface area (Å²) in [4.78, 5) is 18.5. The number of aromatic nitrogens is 2. The average Bonchev–Trinajstić information content (AvgIpc) is 2.15. The number of nitrogens with one attached hydrogen (secondary N) is 1. The molecule has 0 aliphatic rings. The number of hydrogen-bond donors (Lipinski definition) is 2. The van der Waals surface area contributed by atoms with E-state index >= 15 is 0 Å². The second kappa shape index (κ2) is 4.55. The average molecular weight is 195 g/mol. The Morgan fingerprint density at radius 2 is 2.29 bits per heavy atom. The predicted molar refractivity (Wildman–Crippen MR) is 51.9 cm³/mol. The molecule has 1 aromatic rings. The van der Waals surface area contributed by atoms with Crippen LogP contribution in [0.5, 0.6) is 0 Å². The fourth-order valence-corrected chi connectivity index (χ4v) is 1.05. The Balaban J connectivity index is 2.70. The Labute approximate surface area is 82.2 Å². The van der Waals surface area contributed by atoms with Crippen LogP contribution in [-0.4, -0.2) is 27.1 Å². The molecular weight excluding hydrogens is 182 g/mol. The number of carboxylic acid groups (broad SMARTS) is 1. The van der Waals surface area contributed by atoms with Crippen molar-refractivity contribution >= 4 is 11.8 Å². The molecule has 0 spiro atoms. The fourth-order valence-electron chi connectivity index (χ4n) is 1.05. The second-order valence-corrected chi connectivity index (χ2v) is 3.30. The van der Waals surface area contributed by atoms with Gasteiger partial charge >= 0.3 is 5.97 Å². The third-order valence-corrected chi connectivity index (χ3v) is 1.82. The van der Waals surface area contributed by atoms with Gasteiger partial charge in [-0.05, 0) is 12.0 Å². The predicted octanol–water partition coefficient (Wildman–Crippen LogP) is 0.998. The molecule has 0 saturated carbocycles. The molecule has 0 amide bonds. The van der Waals surface area contributed by atoms with E-state index in [4.69, 9.17) is 5.11 Å². The Bertz CT molecular complexity index is 300. The van der Waals surface area contributed by atoms with Gasteiger partial charge in [0, 0.05) is 6.20 Å². The maximum atomic E-state index is 10.8. The molecule has 5 heteroatoms. The lowest BCUT2D eigenvalue weighted by Crippen LogP contribution is -2.34. The molecule has 0 aromatic carbocycles. The van der Waals surface area contributed by atoms with E-state index in [-0.39, 0.29) is 5.92 Å².